The van der Waals surface area contributed by atoms with Gasteiger partial charge in [0.25, 0.3) is 0 Å². The van der Waals surface area contributed by atoms with Crippen molar-refractivity contribution in [1.82, 2.24) is 4.98 Å². The lowest BCUT2D eigenvalue weighted by Gasteiger charge is -2.10. The molecule has 0 aliphatic carbocycles. The second kappa shape index (κ2) is 6.35. The summed E-state index contributed by atoms with van der Waals surface area (Å²) in [5.74, 6) is -0.0850. The minimum atomic E-state index is -0.999. The molecule has 22 heavy (non-hydrogen) atoms. The number of rotatable bonds is 5. The molecule has 2 aromatic rings. The number of nitrogens with one attached hydrogen (secondary N) is 1. The van der Waals surface area contributed by atoms with Crippen LogP contribution in [-0.2, 0) is 0 Å². The number of carboxylic acid groups (broad SMARTS) is 1. The molecule has 1 aromatic carbocycles. The van der Waals surface area contributed by atoms with E-state index in [9.17, 15) is 10.1 Å². The van der Waals surface area contributed by atoms with Crippen molar-refractivity contribution in [3.8, 4) is 23.1 Å². The first-order chi connectivity index (χ1) is 10.4. The summed E-state index contributed by atoms with van der Waals surface area (Å²) in [7, 11) is 0. The molecule has 0 bridgehead atoms. The molecule has 5 heteroatoms. The Morgan fingerprint density at radius 1 is 1.41 bits per heavy atom. The highest BCUT2D eigenvalue weighted by molar-refractivity contribution is 5.88. The van der Waals surface area contributed by atoms with Crippen LogP contribution in [0.25, 0.3) is 11.3 Å². The van der Waals surface area contributed by atoms with Crippen molar-refractivity contribution >= 4 is 5.97 Å². The number of aromatic carboxylic acids is 1. The second-order valence-corrected chi connectivity index (χ2v) is 5.57. The normalized spacial score (nSPS) is 10.5. The van der Waals surface area contributed by atoms with Gasteiger partial charge in [0, 0.05) is 5.69 Å². The maximum absolute atomic E-state index is 11.1. The molecule has 1 aromatic heterocycles. The minimum absolute atomic E-state index is 0.161. The third-order valence-electron chi connectivity index (χ3n) is 3.21. The van der Waals surface area contributed by atoms with E-state index in [0.717, 1.165) is 5.56 Å². The first-order valence-corrected chi connectivity index (χ1v) is 7.02. The Labute approximate surface area is 129 Å². The second-order valence-electron chi connectivity index (χ2n) is 5.57. The summed E-state index contributed by atoms with van der Waals surface area (Å²) in [6.45, 7) is 6.35. The van der Waals surface area contributed by atoms with Crippen molar-refractivity contribution < 1.29 is 14.6 Å². The van der Waals surface area contributed by atoms with E-state index < -0.39 is 5.97 Å². The fourth-order valence-electron chi connectivity index (χ4n) is 2.10. The van der Waals surface area contributed by atoms with Crippen molar-refractivity contribution in [2.24, 2.45) is 5.92 Å². The zero-order chi connectivity index (χ0) is 16.3. The number of H-pyrrole nitrogens is 1. The van der Waals surface area contributed by atoms with Gasteiger partial charge in [-0.05, 0) is 48.2 Å². The number of carbonyl (C=O) groups is 1. The van der Waals surface area contributed by atoms with E-state index in [2.05, 4.69) is 11.1 Å². The van der Waals surface area contributed by atoms with Gasteiger partial charge in [-0.2, -0.15) is 5.26 Å². The number of aromatic amines is 1. The third kappa shape index (κ3) is 3.29. The molecule has 0 saturated heterocycles. The molecule has 1 heterocycles. The van der Waals surface area contributed by atoms with Crippen LogP contribution in [0.4, 0.5) is 0 Å². The van der Waals surface area contributed by atoms with Crippen molar-refractivity contribution in [2.45, 2.75) is 20.8 Å². The Morgan fingerprint density at radius 2 is 2.14 bits per heavy atom. The van der Waals surface area contributed by atoms with E-state index in [-0.39, 0.29) is 5.69 Å². The molecule has 0 spiro atoms. The number of nitriles is 1. The predicted octanol–water partition coefficient (Wildman–Crippen LogP) is 3.59. The van der Waals surface area contributed by atoms with Crippen molar-refractivity contribution in [3.63, 3.8) is 0 Å². The number of ether oxygens (including phenoxy) is 1. The SMILES string of the molecule is Cc1cc(-c2ccc(OCC(C)C)c(C#N)c2)[nH]c1C(=O)O. The first-order valence-electron chi connectivity index (χ1n) is 7.02. The summed E-state index contributed by atoms with van der Waals surface area (Å²) in [6, 6.07) is 9.13. The molecular formula is C17H18N2O3. The van der Waals surface area contributed by atoms with Crippen LogP contribution < -0.4 is 4.74 Å². The van der Waals surface area contributed by atoms with Crippen molar-refractivity contribution in [3.05, 3.63) is 41.1 Å². The zero-order valence-electron chi connectivity index (χ0n) is 12.8. The number of hydrogen-bond acceptors (Lipinski definition) is 3. The van der Waals surface area contributed by atoms with E-state index >= 15 is 0 Å². The van der Waals surface area contributed by atoms with Crippen LogP contribution in [0.3, 0.4) is 0 Å². The minimum Gasteiger partial charge on any atom is -0.492 e. The Kier molecular flexibility index (Phi) is 4.52. The predicted molar refractivity (Wildman–Crippen MR) is 83.0 cm³/mol. The first kappa shape index (κ1) is 15.6. The molecule has 0 saturated carbocycles. The maximum atomic E-state index is 11.1. The lowest BCUT2D eigenvalue weighted by atomic mass is 10.1. The van der Waals surface area contributed by atoms with Crippen LogP contribution in [0.5, 0.6) is 5.75 Å². The van der Waals surface area contributed by atoms with Gasteiger partial charge in [-0.1, -0.05) is 13.8 Å². The Morgan fingerprint density at radius 3 is 2.68 bits per heavy atom. The van der Waals surface area contributed by atoms with Gasteiger partial charge in [0.15, 0.2) is 0 Å². The molecule has 5 nitrogen and oxygen atoms in total. The van der Waals surface area contributed by atoms with E-state index in [1.54, 1.807) is 25.1 Å². The van der Waals surface area contributed by atoms with Gasteiger partial charge in [-0.3, -0.25) is 0 Å². The van der Waals surface area contributed by atoms with Gasteiger partial charge in [-0.15, -0.1) is 0 Å². The summed E-state index contributed by atoms with van der Waals surface area (Å²) >= 11 is 0. The van der Waals surface area contributed by atoms with E-state index in [0.29, 0.717) is 35.1 Å². The summed E-state index contributed by atoms with van der Waals surface area (Å²) in [5, 5.41) is 18.4. The fraction of sp³-hybridized carbons (Fsp3) is 0.294. The molecule has 0 aliphatic heterocycles. The molecule has 0 atom stereocenters. The molecular weight excluding hydrogens is 280 g/mol. The van der Waals surface area contributed by atoms with Crippen LogP contribution in [0, 0.1) is 24.2 Å². The Bertz CT molecular complexity index is 739. The number of benzene rings is 1. The van der Waals surface area contributed by atoms with E-state index in [1.165, 1.54) is 0 Å². The molecule has 0 unspecified atom stereocenters. The van der Waals surface area contributed by atoms with Crippen molar-refractivity contribution in [2.75, 3.05) is 6.61 Å². The smallest absolute Gasteiger partial charge is 0.352 e. The van der Waals surface area contributed by atoms with Crippen LogP contribution in [-0.4, -0.2) is 22.7 Å². The topological polar surface area (TPSA) is 86.1 Å². The quantitative estimate of drug-likeness (QED) is 0.883. The standard InChI is InChI=1S/C17H18N2O3/c1-10(2)9-22-15-5-4-12(7-13(15)8-18)14-6-11(3)16(19-14)17(20)21/h4-7,10,19H,9H2,1-3H3,(H,20,21). The van der Waals surface area contributed by atoms with Crippen LogP contribution >= 0.6 is 0 Å². The maximum Gasteiger partial charge on any atom is 0.352 e. The molecule has 2 rings (SSSR count). The largest absolute Gasteiger partial charge is 0.492 e. The van der Waals surface area contributed by atoms with Crippen LogP contribution in [0.2, 0.25) is 0 Å². The van der Waals surface area contributed by atoms with Crippen LogP contribution in [0.15, 0.2) is 24.3 Å². The average molecular weight is 298 g/mol. The van der Waals surface area contributed by atoms with Crippen LogP contribution in [0.1, 0.15) is 35.5 Å². The molecule has 0 amide bonds. The van der Waals surface area contributed by atoms with Gasteiger partial charge in [0.1, 0.15) is 17.5 Å². The number of carboxylic acids is 1. The number of hydrogen-bond donors (Lipinski definition) is 2. The highest BCUT2D eigenvalue weighted by Crippen LogP contribution is 2.27. The summed E-state index contributed by atoms with van der Waals surface area (Å²) < 4.78 is 5.62. The summed E-state index contributed by atoms with van der Waals surface area (Å²) in [5.41, 5.74) is 2.67. The lowest BCUT2D eigenvalue weighted by Crippen LogP contribution is -2.05. The lowest BCUT2D eigenvalue weighted by molar-refractivity contribution is 0.0690. The van der Waals surface area contributed by atoms with Gasteiger partial charge in [0.2, 0.25) is 0 Å². The number of aromatic nitrogens is 1. The summed E-state index contributed by atoms with van der Waals surface area (Å²) in [6.07, 6.45) is 0. The van der Waals surface area contributed by atoms with Gasteiger partial charge >= 0.3 is 5.97 Å². The molecule has 0 aliphatic rings. The molecule has 0 fully saturated rings. The summed E-state index contributed by atoms with van der Waals surface area (Å²) in [4.78, 5) is 14.0. The van der Waals surface area contributed by atoms with E-state index in [1.807, 2.05) is 19.9 Å². The monoisotopic (exact) mass is 298 g/mol. The van der Waals surface area contributed by atoms with E-state index in [4.69, 9.17) is 9.84 Å². The zero-order valence-corrected chi connectivity index (χ0v) is 12.8. The highest BCUT2D eigenvalue weighted by Gasteiger charge is 2.14. The van der Waals surface area contributed by atoms with Gasteiger partial charge < -0.3 is 14.8 Å². The Hall–Kier alpha value is -2.74. The molecule has 0 radical (unpaired) electrons. The number of aryl methyl sites for hydroxylation is 1. The number of nitrogens with zero attached hydrogens (tertiary/aromatic N) is 1. The van der Waals surface area contributed by atoms with Crippen molar-refractivity contribution in [1.29, 1.82) is 5.26 Å². The third-order valence-corrected chi connectivity index (χ3v) is 3.21. The molecule has 114 valence electrons. The fourth-order valence-corrected chi connectivity index (χ4v) is 2.10. The molecule has 2 N–H and O–H groups in total. The van der Waals surface area contributed by atoms with Gasteiger partial charge in [0.05, 0.1) is 12.2 Å². The highest BCUT2D eigenvalue weighted by atomic mass is 16.5. The average Bonchev–Trinajstić information content (AvgIpc) is 2.87. The van der Waals surface area contributed by atoms with Gasteiger partial charge in [-0.25, -0.2) is 4.79 Å². The Balaban J connectivity index is 2.35.